The fourth-order valence-corrected chi connectivity index (χ4v) is 12.9. The maximum atomic E-state index is 5.40. The molecule has 0 bridgehead atoms. The summed E-state index contributed by atoms with van der Waals surface area (Å²) in [5.74, 6) is 1.72. The number of nitrogens with zero attached hydrogens (tertiary/aromatic N) is 8. The van der Waals surface area contributed by atoms with Crippen molar-refractivity contribution in [2.24, 2.45) is 0 Å². The molecule has 0 unspecified atom stereocenters. The number of hydrogen-bond acceptors (Lipinski definition) is 5. The summed E-state index contributed by atoms with van der Waals surface area (Å²) in [6.45, 7) is 0. The van der Waals surface area contributed by atoms with E-state index in [2.05, 4.69) is 267 Å². The molecule has 8 nitrogen and oxygen atoms in total. The predicted octanol–water partition coefficient (Wildman–Crippen LogP) is 19.0. The monoisotopic (exact) mass is 1080 g/mol. The van der Waals surface area contributed by atoms with Gasteiger partial charge >= 0.3 is 0 Å². The summed E-state index contributed by atoms with van der Waals surface area (Å²) in [6, 6.07) is 94.9. The summed E-state index contributed by atoms with van der Waals surface area (Å²) >= 11 is 0. The Labute approximate surface area is 488 Å². The largest absolute Gasteiger partial charge is 0.299 e. The van der Waals surface area contributed by atoms with Crippen molar-refractivity contribution in [2.75, 3.05) is 0 Å². The van der Waals surface area contributed by atoms with Crippen molar-refractivity contribution in [3.8, 4) is 101 Å². The molecule has 0 spiro atoms. The molecule has 0 saturated heterocycles. The SMILES string of the molecule is c1ccc(-c2c3ccccc3c(-c3ccccc3)c3cc(-c4ccc(-c5nc(-c6cc(-c7cccc8c7nc7ccc9cc(-c%10cccc(-c%11nc(-c%12ccccn%12)c%12ccccn%11%12)c%10)ccc9n78)ccn6)c6ccccn56)cc4)ccc23)cc1. The molecule has 8 aromatic heterocycles. The van der Waals surface area contributed by atoms with E-state index < -0.39 is 0 Å². The van der Waals surface area contributed by atoms with Gasteiger partial charge in [-0.1, -0.05) is 176 Å². The van der Waals surface area contributed by atoms with Crippen molar-refractivity contribution < 1.29 is 0 Å². The summed E-state index contributed by atoms with van der Waals surface area (Å²) in [5, 5.41) is 6.05. The number of aromatic nitrogens is 8. The molecule has 9 aromatic carbocycles. The Morgan fingerprint density at radius 3 is 1.59 bits per heavy atom. The third-order valence-electron chi connectivity index (χ3n) is 16.8. The molecular formula is C77H48N8. The van der Waals surface area contributed by atoms with Gasteiger partial charge in [0.15, 0.2) is 0 Å². The first-order valence-corrected chi connectivity index (χ1v) is 28.6. The van der Waals surface area contributed by atoms with Gasteiger partial charge in [0.25, 0.3) is 0 Å². The fraction of sp³-hybridized carbons (Fsp3) is 0. The predicted molar refractivity (Wildman–Crippen MR) is 347 cm³/mol. The van der Waals surface area contributed by atoms with Crippen molar-refractivity contribution in [3.05, 3.63) is 292 Å². The zero-order valence-electron chi connectivity index (χ0n) is 45.8. The lowest BCUT2D eigenvalue weighted by Crippen LogP contribution is -1.92. The van der Waals surface area contributed by atoms with Crippen molar-refractivity contribution in [1.29, 1.82) is 0 Å². The minimum absolute atomic E-state index is 0.786. The minimum Gasteiger partial charge on any atom is -0.299 e. The molecule has 0 N–H and O–H groups in total. The molecule has 85 heavy (non-hydrogen) atoms. The van der Waals surface area contributed by atoms with Gasteiger partial charge in [0.1, 0.15) is 28.7 Å². The van der Waals surface area contributed by atoms with Crippen LogP contribution < -0.4 is 0 Å². The van der Waals surface area contributed by atoms with Crippen LogP contribution in [0.2, 0.25) is 0 Å². The van der Waals surface area contributed by atoms with E-state index in [4.69, 9.17) is 19.9 Å². The molecule has 0 aliphatic heterocycles. The van der Waals surface area contributed by atoms with Crippen molar-refractivity contribution >= 4 is 60.2 Å². The first-order chi connectivity index (χ1) is 42.1. The number of fused-ring (bicyclic) bond motifs is 9. The van der Waals surface area contributed by atoms with Crippen LogP contribution in [-0.4, -0.2) is 38.1 Å². The normalized spacial score (nSPS) is 11.8. The topological polar surface area (TPSA) is 77.7 Å². The first kappa shape index (κ1) is 48.1. The quantitative estimate of drug-likeness (QED) is 0.135. The van der Waals surface area contributed by atoms with Gasteiger partial charge in [-0.2, -0.15) is 0 Å². The Morgan fingerprint density at radius 1 is 0.282 bits per heavy atom. The van der Waals surface area contributed by atoms with Crippen molar-refractivity contribution in [1.82, 2.24) is 38.1 Å². The summed E-state index contributed by atoms with van der Waals surface area (Å²) in [6.07, 6.45) is 7.86. The Morgan fingerprint density at radius 2 is 0.847 bits per heavy atom. The van der Waals surface area contributed by atoms with E-state index in [-0.39, 0.29) is 0 Å². The Balaban J connectivity index is 0.704. The Hall–Kier alpha value is -11.6. The summed E-state index contributed by atoms with van der Waals surface area (Å²) in [7, 11) is 0. The fourth-order valence-electron chi connectivity index (χ4n) is 12.9. The second kappa shape index (κ2) is 19.5. The van der Waals surface area contributed by atoms with Crippen LogP contribution in [0.15, 0.2) is 292 Å². The summed E-state index contributed by atoms with van der Waals surface area (Å²) in [4.78, 5) is 25.5. The second-order valence-corrected chi connectivity index (χ2v) is 21.7. The number of rotatable bonds is 9. The van der Waals surface area contributed by atoms with E-state index in [0.717, 1.165) is 118 Å². The summed E-state index contributed by atoms with van der Waals surface area (Å²) in [5.41, 5.74) is 22.7. The molecule has 0 fully saturated rings. The van der Waals surface area contributed by atoms with E-state index in [1.165, 1.54) is 43.8 Å². The Bertz CT molecular complexity index is 5470. The molecule has 0 atom stereocenters. The number of imidazole rings is 3. The van der Waals surface area contributed by atoms with Crippen LogP contribution in [0.4, 0.5) is 0 Å². The lowest BCUT2D eigenvalue weighted by atomic mass is 9.85. The highest BCUT2D eigenvalue weighted by molar-refractivity contribution is 6.22. The van der Waals surface area contributed by atoms with Crippen LogP contribution in [0.5, 0.6) is 0 Å². The van der Waals surface area contributed by atoms with Gasteiger partial charge in [0.05, 0.1) is 39.0 Å². The van der Waals surface area contributed by atoms with Crippen LogP contribution >= 0.6 is 0 Å². The maximum Gasteiger partial charge on any atom is 0.145 e. The molecule has 8 heterocycles. The average Bonchev–Trinajstić information content (AvgIpc) is 2.35. The van der Waals surface area contributed by atoms with Crippen LogP contribution in [0.3, 0.4) is 0 Å². The average molecular weight is 1090 g/mol. The van der Waals surface area contributed by atoms with Crippen LogP contribution in [0.25, 0.3) is 161 Å². The van der Waals surface area contributed by atoms with Gasteiger partial charge in [-0.25, -0.2) is 15.0 Å². The molecule has 0 amide bonds. The molecule has 396 valence electrons. The lowest BCUT2D eigenvalue weighted by Gasteiger charge is -2.18. The van der Waals surface area contributed by atoms with E-state index in [1.807, 2.05) is 42.7 Å². The van der Waals surface area contributed by atoms with Gasteiger partial charge in [-0.05, 0) is 168 Å². The minimum atomic E-state index is 0.786. The zero-order chi connectivity index (χ0) is 56.0. The number of pyridine rings is 5. The highest BCUT2D eigenvalue weighted by Crippen LogP contribution is 2.45. The van der Waals surface area contributed by atoms with Gasteiger partial charge in [-0.3, -0.25) is 23.2 Å². The summed E-state index contributed by atoms with van der Waals surface area (Å²) < 4.78 is 6.60. The highest BCUT2D eigenvalue weighted by Gasteiger charge is 2.22. The van der Waals surface area contributed by atoms with E-state index in [0.29, 0.717) is 0 Å². The van der Waals surface area contributed by atoms with Crippen LogP contribution in [-0.2, 0) is 0 Å². The third-order valence-corrected chi connectivity index (χ3v) is 16.8. The van der Waals surface area contributed by atoms with Gasteiger partial charge in [0.2, 0.25) is 0 Å². The lowest BCUT2D eigenvalue weighted by molar-refractivity contribution is 1.16. The third kappa shape index (κ3) is 7.95. The number of hydrogen-bond donors (Lipinski definition) is 0. The second-order valence-electron chi connectivity index (χ2n) is 21.7. The smallest absolute Gasteiger partial charge is 0.145 e. The molecule has 0 aliphatic carbocycles. The van der Waals surface area contributed by atoms with Gasteiger partial charge in [-0.15, -0.1) is 0 Å². The molecule has 0 aliphatic rings. The molecular weight excluding hydrogens is 1040 g/mol. The zero-order valence-corrected chi connectivity index (χ0v) is 45.8. The first-order valence-electron chi connectivity index (χ1n) is 28.6. The standard InChI is InChI=1S/C77H48N8/c1-3-17-50(18-4-1)71-60-23-7-8-24-61(60)72(51-19-5-2-6-20-51)63-47-55(34-37-62(63)71)49-30-32-52(33-31-49)76-82-75(68-28-11-13-43-83(68)76)65-48-56(40-42-79-65)59-25-16-29-69-73(59)80-70-39-36-57-45-54(35-38-66(57)85(69)70)53-21-15-22-58(46-53)77-81-74(64-26-9-12-41-78-64)67-27-10-14-44-84(67)77/h1-48H. The maximum absolute atomic E-state index is 5.40. The Kier molecular flexibility index (Phi) is 11.1. The van der Waals surface area contributed by atoms with E-state index in [1.54, 1.807) is 0 Å². The molecule has 17 rings (SSSR count). The van der Waals surface area contributed by atoms with E-state index in [9.17, 15) is 0 Å². The molecule has 0 saturated carbocycles. The molecule has 17 aromatic rings. The molecule has 0 radical (unpaired) electrons. The van der Waals surface area contributed by atoms with Gasteiger partial charge < -0.3 is 0 Å². The number of para-hydroxylation sites is 1. The number of benzene rings is 9. The van der Waals surface area contributed by atoms with Gasteiger partial charge in [0, 0.05) is 41.5 Å². The van der Waals surface area contributed by atoms with Crippen molar-refractivity contribution in [2.45, 2.75) is 0 Å². The highest BCUT2D eigenvalue weighted by atomic mass is 15.0. The van der Waals surface area contributed by atoms with Crippen LogP contribution in [0, 0.1) is 0 Å². The molecule has 8 heteroatoms. The van der Waals surface area contributed by atoms with Crippen LogP contribution in [0.1, 0.15) is 0 Å². The van der Waals surface area contributed by atoms with Crippen molar-refractivity contribution in [3.63, 3.8) is 0 Å². The van der Waals surface area contributed by atoms with E-state index >= 15 is 0 Å².